The van der Waals surface area contributed by atoms with Gasteiger partial charge >= 0.3 is 5.97 Å². The predicted octanol–water partition coefficient (Wildman–Crippen LogP) is 2.89. The quantitative estimate of drug-likeness (QED) is 0.396. The summed E-state index contributed by atoms with van der Waals surface area (Å²) in [5.41, 5.74) is 0.991. The van der Waals surface area contributed by atoms with Crippen LogP contribution in [0.25, 0.3) is 0 Å². The predicted molar refractivity (Wildman–Crippen MR) is 129 cm³/mol. The second-order valence-electron chi connectivity index (χ2n) is 8.33. The summed E-state index contributed by atoms with van der Waals surface area (Å²) in [6, 6.07) is 13.6. The van der Waals surface area contributed by atoms with Crippen LogP contribution >= 0.6 is 0 Å². The molecular formula is C26H32N2O7. The molecule has 0 unspecified atom stereocenters. The number of hydrogen-bond acceptors (Lipinski definition) is 6. The highest BCUT2D eigenvalue weighted by Crippen LogP contribution is 2.28. The van der Waals surface area contributed by atoms with E-state index in [4.69, 9.17) is 19.3 Å². The van der Waals surface area contributed by atoms with Crippen molar-refractivity contribution in [1.29, 1.82) is 0 Å². The van der Waals surface area contributed by atoms with E-state index >= 15 is 0 Å². The van der Waals surface area contributed by atoms with E-state index in [9.17, 15) is 14.4 Å². The highest BCUT2D eigenvalue weighted by molar-refractivity contribution is 5.95. The van der Waals surface area contributed by atoms with Crippen molar-refractivity contribution in [2.45, 2.75) is 31.8 Å². The van der Waals surface area contributed by atoms with Crippen LogP contribution in [0.4, 0.5) is 0 Å². The molecule has 2 aromatic carbocycles. The summed E-state index contributed by atoms with van der Waals surface area (Å²) in [5.74, 6) is -0.184. The zero-order valence-electron chi connectivity index (χ0n) is 19.8. The molecule has 1 fully saturated rings. The number of ether oxygens (including phenoxy) is 3. The molecule has 9 heteroatoms. The lowest BCUT2D eigenvalue weighted by Crippen LogP contribution is -2.34. The molecule has 3 N–H and O–H groups in total. The summed E-state index contributed by atoms with van der Waals surface area (Å²) in [4.78, 5) is 35.7. The SMILES string of the molecule is COCCOc1ccc(C(=O)NCCNC(=O)c2ccc(OC3CCC(C(=O)O)CC3)cc2)cc1. The fourth-order valence-electron chi connectivity index (χ4n) is 3.81. The Kier molecular flexibility index (Phi) is 9.92. The zero-order chi connectivity index (χ0) is 25.0. The van der Waals surface area contributed by atoms with Crippen molar-refractivity contribution in [3.63, 3.8) is 0 Å². The molecule has 0 saturated heterocycles. The van der Waals surface area contributed by atoms with E-state index in [2.05, 4.69) is 10.6 Å². The van der Waals surface area contributed by atoms with Gasteiger partial charge in [-0.2, -0.15) is 0 Å². The Morgan fingerprint density at radius 3 is 1.80 bits per heavy atom. The van der Waals surface area contributed by atoms with E-state index < -0.39 is 5.97 Å². The summed E-state index contributed by atoms with van der Waals surface area (Å²) >= 11 is 0. The van der Waals surface area contributed by atoms with Gasteiger partial charge < -0.3 is 30.0 Å². The lowest BCUT2D eigenvalue weighted by atomic mass is 9.87. The van der Waals surface area contributed by atoms with E-state index in [1.165, 1.54) is 0 Å². The molecule has 1 aliphatic rings. The van der Waals surface area contributed by atoms with Crippen molar-refractivity contribution in [1.82, 2.24) is 10.6 Å². The van der Waals surface area contributed by atoms with Crippen LogP contribution in [-0.2, 0) is 9.53 Å². The largest absolute Gasteiger partial charge is 0.491 e. The minimum atomic E-state index is -0.739. The van der Waals surface area contributed by atoms with E-state index in [1.807, 2.05) is 0 Å². The molecule has 188 valence electrons. The number of hydrogen-bond donors (Lipinski definition) is 3. The van der Waals surface area contributed by atoms with Crippen molar-refractivity contribution in [3.05, 3.63) is 59.7 Å². The Morgan fingerprint density at radius 2 is 1.31 bits per heavy atom. The topological polar surface area (TPSA) is 123 Å². The molecule has 1 aliphatic carbocycles. The number of rotatable bonds is 12. The number of methoxy groups -OCH3 is 1. The molecule has 0 bridgehead atoms. The second kappa shape index (κ2) is 13.3. The van der Waals surface area contributed by atoms with Gasteiger partial charge in [0, 0.05) is 31.3 Å². The van der Waals surface area contributed by atoms with Gasteiger partial charge in [-0.05, 0) is 74.2 Å². The molecule has 2 amide bonds. The van der Waals surface area contributed by atoms with Crippen LogP contribution in [0.2, 0.25) is 0 Å². The molecule has 0 atom stereocenters. The van der Waals surface area contributed by atoms with E-state index in [0.29, 0.717) is 61.5 Å². The number of carbonyl (C=O) groups excluding carboxylic acids is 2. The first-order valence-corrected chi connectivity index (χ1v) is 11.7. The maximum absolute atomic E-state index is 12.4. The monoisotopic (exact) mass is 484 g/mol. The minimum absolute atomic E-state index is 0.00623. The number of nitrogens with one attached hydrogen (secondary N) is 2. The molecule has 1 saturated carbocycles. The van der Waals surface area contributed by atoms with E-state index in [0.717, 1.165) is 0 Å². The molecule has 0 radical (unpaired) electrons. The normalized spacial score (nSPS) is 17.3. The van der Waals surface area contributed by atoms with Crippen molar-refractivity contribution < 1.29 is 33.7 Å². The van der Waals surface area contributed by atoms with Crippen molar-refractivity contribution in [2.75, 3.05) is 33.4 Å². The Hall–Kier alpha value is -3.59. The molecule has 0 aliphatic heterocycles. The smallest absolute Gasteiger partial charge is 0.306 e. The first-order chi connectivity index (χ1) is 17.0. The average molecular weight is 485 g/mol. The molecule has 2 aromatic rings. The van der Waals surface area contributed by atoms with E-state index in [1.54, 1.807) is 55.6 Å². The zero-order valence-corrected chi connectivity index (χ0v) is 19.8. The summed E-state index contributed by atoms with van der Waals surface area (Å²) < 4.78 is 16.3. The van der Waals surface area contributed by atoms with Crippen LogP contribution < -0.4 is 20.1 Å². The standard InChI is InChI=1S/C26H32N2O7/c1-33-16-17-34-21-8-2-18(3-9-21)24(29)27-14-15-28-25(30)19-4-10-22(11-5-19)35-23-12-6-20(7-13-23)26(31)32/h2-5,8-11,20,23H,6-7,12-17H2,1H3,(H,27,29)(H,28,30)(H,31,32). The van der Waals surface area contributed by atoms with Crippen LogP contribution in [0.3, 0.4) is 0 Å². The number of carboxylic acid groups (broad SMARTS) is 1. The number of aliphatic carboxylic acids is 1. The van der Waals surface area contributed by atoms with Crippen LogP contribution in [0.15, 0.2) is 48.5 Å². The molecular weight excluding hydrogens is 452 g/mol. The third kappa shape index (κ3) is 8.29. The van der Waals surface area contributed by atoms with Gasteiger partial charge in [-0.15, -0.1) is 0 Å². The number of carbonyl (C=O) groups is 3. The van der Waals surface area contributed by atoms with Gasteiger partial charge in [-0.1, -0.05) is 0 Å². The summed E-state index contributed by atoms with van der Waals surface area (Å²) in [6.07, 6.45) is 2.64. The molecule has 3 rings (SSSR count). The maximum atomic E-state index is 12.4. The summed E-state index contributed by atoms with van der Waals surface area (Å²) in [5, 5.41) is 14.6. The Bertz CT molecular complexity index is 968. The number of benzene rings is 2. The third-order valence-electron chi connectivity index (χ3n) is 5.81. The van der Waals surface area contributed by atoms with Crippen molar-refractivity contribution >= 4 is 17.8 Å². The summed E-state index contributed by atoms with van der Waals surface area (Å²) in [6.45, 7) is 1.50. The van der Waals surface area contributed by atoms with Gasteiger partial charge in [0.05, 0.1) is 18.6 Å². The average Bonchev–Trinajstić information content (AvgIpc) is 2.87. The van der Waals surface area contributed by atoms with Crippen LogP contribution in [0.5, 0.6) is 11.5 Å². The van der Waals surface area contributed by atoms with Crippen molar-refractivity contribution in [2.24, 2.45) is 5.92 Å². The van der Waals surface area contributed by atoms with Gasteiger partial charge in [0.2, 0.25) is 0 Å². The first kappa shape index (κ1) is 26.0. The van der Waals surface area contributed by atoms with Gasteiger partial charge in [0.1, 0.15) is 18.1 Å². The lowest BCUT2D eigenvalue weighted by molar-refractivity contribution is -0.143. The van der Waals surface area contributed by atoms with Crippen LogP contribution in [-0.4, -0.2) is 62.4 Å². The van der Waals surface area contributed by atoms with Crippen molar-refractivity contribution in [3.8, 4) is 11.5 Å². The van der Waals surface area contributed by atoms with Gasteiger partial charge in [0.25, 0.3) is 11.8 Å². The van der Waals surface area contributed by atoms with Gasteiger partial charge in [0.15, 0.2) is 0 Å². The fraction of sp³-hybridized carbons (Fsp3) is 0.423. The van der Waals surface area contributed by atoms with Gasteiger partial charge in [-0.3, -0.25) is 14.4 Å². The second-order valence-corrected chi connectivity index (χ2v) is 8.33. The third-order valence-corrected chi connectivity index (χ3v) is 5.81. The Labute approximate surface area is 204 Å². The van der Waals surface area contributed by atoms with E-state index in [-0.39, 0.29) is 36.9 Å². The minimum Gasteiger partial charge on any atom is -0.491 e. The Balaban J connectivity index is 1.35. The maximum Gasteiger partial charge on any atom is 0.306 e. The van der Waals surface area contributed by atoms with Gasteiger partial charge in [-0.25, -0.2) is 0 Å². The molecule has 0 aromatic heterocycles. The fourth-order valence-corrected chi connectivity index (χ4v) is 3.81. The summed E-state index contributed by atoms with van der Waals surface area (Å²) in [7, 11) is 1.60. The molecule has 0 heterocycles. The molecule has 0 spiro atoms. The first-order valence-electron chi connectivity index (χ1n) is 11.7. The van der Waals surface area contributed by atoms with Crippen LogP contribution in [0.1, 0.15) is 46.4 Å². The lowest BCUT2D eigenvalue weighted by Gasteiger charge is -2.26. The number of carboxylic acids is 1. The molecule has 35 heavy (non-hydrogen) atoms. The molecule has 9 nitrogen and oxygen atoms in total. The highest BCUT2D eigenvalue weighted by Gasteiger charge is 2.26. The number of amides is 2. The van der Waals surface area contributed by atoms with Crippen LogP contribution in [0, 0.1) is 5.92 Å². The Morgan fingerprint density at radius 1 is 0.800 bits per heavy atom. The highest BCUT2D eigenvalue weighted by atomic mass is 16.5.